The Bertz CT molecular complexity index is 1150. The van der Waals surface area contributed by atoms with E-state index in [1.54, 1.807) is 36.6 Å². The number of halogens is 3. The van der Waals surface area contributed by atoms with Gasteiger partial charge in [0.15, 0.2) is 11.5 Å². The third-order valence-corrected chi connectivity index (χ3v) is 5.19. The minimum absolute atomic E-state index is 0.0680. The molecule has 0 amide bonds. The van der Waals surface area contributed by atoms with E-state index >= 15 is 0 Å². The van der Waals surface area contributed by atoms with Crippen LogP contribution in [0.2, 0.25) is 0 Å². The summed E-state index contributed by atoms with van der Waals surface area (Å²) in [6.07, 6.45) is -2.81. The molecule has 1 aromatic heterocycles. The van der Waals surface area contributed by atoms with Crippen LogP contribution in [0.1, 0.15) is 29.3 Å². The molecule has 180 valence electrons. The van der Waals surface area contributed by atoms with E-state index in [1.165, 1.54) is 30.7 Å². The van der Waals surface area contributed by atoms with Crippen molar-refractivity contribution in [2.24, 2.45) is 5.10 Å². The Hall–Kier alpha value is -3.60. The number of thiazole rings is 1. The summed E-state index contributed by atoms with van der Waals surface area (Å²) in [6, 6.07) is 10.0. The number of esters is 1. The molecule has 0 saturated carbocycles. The average molecular weight is 494 g/mol. The Labute approximate surface area is 198 Å². The van der Waals surface area contributed by atoms with Gasteiger partial charge in [0, 0.05) is 5.38 Å². The smallest absolute Gasteiger partial charge is 0.416 e. The summed E-state index contributed by atoms with van der Waals surface area (Å²) in [6.45, 7) is 1.98. The quantitative estimate of drug-likeness (QED) is 0.235. The second-order valence-electron chi connectivity index (χ2n) is 6.89. The van der Waals surface area contributed by atoms with Crippen molar-refractivity contribution in [1.29, 1.82) is 0 Å². The van der Waals surface area contributed by atoms with Gasteiger partial charge in [-0.15, -0.1) is 11.3 Å². The molecule has 3 rings (SSSR count). The van der Waals surface area contributed by atoms with E-state index in [0.717, 1.165) is 12.1 Å². The van der Waals surface area contributed by atoms with Crippen molar-refractivity contribution in [2.45, 2.75) is 26.1 Å². The molecule has 11 heteroatoms. The fraction of sp³-hybridized carbons (Fsp3) is 0.261. The Kier molecular flexibility index (Phi) is 8.47. The highest BCUT2D eigenvalue weighted by atomic mass is 32.1. The molecule has 0 unspecified atom stereocenters. The number of aromatic nitrogens is 1. The molecule has 2 aromatic carbocycles. The van der Waals surface area contributed by atoms with Crippen LogP contribution in [0, 0.1) is 0 Å². The maximum Gasteiger partial charge on any atom is 0.416 e. The first kappa shape index (κ1) is 25.0. The number of rotatable bonds is 10. The summed E-state index contributed by atoms with van der Waals surface area (Å²) < 4.78 is 54.7. The van der Waals surface area contributed by atoms with E-state index in [1.807, 2.05) is 0 Å². The number of methoxy groups -OCH3 is 1. The lowest BCUT2D eigenvalue weighted by atomic mass is 10.1. The number of alkyl halides is 3. The fourth-order valence-electron chi connectivity index (χ4n) is 2.85. The molecular weight excluding hydrogens is 471 g/mol. The van der Waals surface area contributed by atoms with E-state index in [0.29, 0.717) is 40.1 Å². The molecule has 34 heavy (non-hydrogen) atoms. The molecule has 0 spiro atoms. The number of carbonyl (C=O) groups excluding carboxylic acids is 1. The minimum Gasteiger partial charge on any atom is -0.493 e. The third kappa shape index (κ3) is 7.20. The van der Waals surface area contributed by atoms with Crippen LogP contribution in [0.25, 0.3) is 0 Å². The van der Waals surface area contributed by atoms with Gasteiger partial charge in [0.1, 0.15) is 6.61 Å². The molecule has 1 N–H and O–H groups in total. The Morgan fingerprint density at radius 2 is 2.03 bits per heavy atom. The lowest BCUT2D eigenvalue weighted by Gasteiger charge is -2.13. The van der Waals surface area contributed by atoms with Gasteiger partial charge < -0.3 is 14.2 Å². The predicted molar refractivity (Wildman–Crippen MR) is 122 cm³/mol. The number of carbonyl (C=O) groups is 1. The molecule has 3 aromatic rings. The average Bonchev–Trinajstić information content (AvgIpc) is 3.24. The van der Waals surface area contributed by atoms with E-state index in [4.69, 9.17) is 14.2 Å². The maximum atomic E-state index is 12.9. The van der Waals surface area contributed by atoms with Gasteiger partial charge in [-0.05, 0) is 48.4 Å². The van der Waals surface area contributed by atoms with Crippen LogP contribution in [0.15, 0.2) is 52.9 Å². The first-order valence-electron chi connectivity index (χ1n) is 10.1. The summed E-state index contributed by atoms with van der Waals surface area (Å²) in [4.78, 5) is 15.8. The summed E-state index contributed by atoms with van der Waals surface area (Å²) in [5.74, 6) is 0.439. The topological polar surface area (TPSA) is 82.0 Å². The summed E-state index contributed by atoms with van der Waals surface area (Å²) in [5.41, 5.74) is 3.67. The van der Waals surface area contributed by atoms with E-state index < -0.39 is 11.7 Å². The normalized spacial score (nSPS) is 11.4. The largest absolute Gasteiger partial charge is 0.493 e. The highest BCUT2D eigenvalue weighted by molar-refractivity contribution is 7.13. The number of ether oxygens (including phenoxy) is 3. The lowest BCUT2D eigenvalue weighted by molar-refractivity contribution is -0.142. The molecule has 0 aliphatic rings. The van der Waals surface area contributed by atoms with Crippen molar-refractivity contribution in [3.63, 3.8) is 0 Å². The van der Waals surface area contributed by atoms with Gasteiger partial charge in [-0.2, -0.15) is 18.3 Å². The zero-order valence-electron chi connectivity index (χ0n) is 18.4. The summed E-state index contributed by atoms with van der Waals surface area (Å²) in [5, 5.41) is 6.37. The van der Waals surface area contributed by atoms with E-state index in [9.17, 15) is 18.0 Å². The van der Waals surface area contributed by atoms with Gasteiger partial charge in [0.05, 0.1) is 37.6 Å². The SMILES string of the molecule is CCOC(=O)Cc1csc(NN=Cc2ccc(OC)c(OCc3cccc(C(F)(F)F)c3)c2)n1. The molecule has 0 saturated heterocycles. The molecule has 0 atom stereocenters. The van der Waals surface area contributed by atoms with E-state index in [2.05, 4.69) is 15.5 Å². The van der Waals surface area contributed by atoms with Crippen LogP contribution in [0.3, 0.4) is 0 Å². The van der Waals surface area contributed by atoms with Crippen LogP contribution in [0.4, 0.5) is 18.3 Å². The van der Waals surface area contributed by atoms with Gasteiger partial charge in [-0.3, -0.25) is 10.2 Å². The summed E-state index contributed by atoms with van der Waals surface area (Å²) >= 11 is 1.29. The lowest BCUT2D eigenvalue weighted by Crippen LogP contribution is -2.07. The highest BCUT2D eigenvalue weighted by Gasteiger charge is 2.30. The van der Waals surface area contributed by atoms with Crippen molar-refractivity contribution in [3.05, 3.63) is 70.2 Å². The second-order valence-corrected chi connectivity index (χ2v) is 7.75. The number of benzene rings is 2. The first-order valence-corrected chi connectivity index (χ1v) is 11.0. The Morgan fingerprint density at radius 3 is 2.76 bits per heavy atom. The number of nitrogens with one attached hydrogen (secondary N) is 1. The number of hydrogen-bond donors (Lipinski definition) is 1. The number of nitrogens with zero attached hydrogens (tertiary/aromatic N) is 2. The Morgan fingerprint density at radius 1 is 1.21 bits per heavy atom. The predicted octanol–water partition coefficient (Wildman–Crippen LogP) is 5.30. The van der Waals surface area contributed by atoms with Crippen molar-refractivity contribution < 1.29 is 32.2 Å². The maximum absolute atomic E-state index is 12.9. The van der Waals surface area contributed by atoms with Crippen molar-refractivity contribution >= 4 is 28.7 Å². The molecule has 0 radical (unpaired) electrons. The number of anilines is 1. The van der Waals surface area contributed by atoms with Gasteiger partial charge in [0.2, 0.25) is 5.13 Å². The standard InChI is InChI=1S/C23H22F3N3O4S/c1-3-32-21(30)11-18-14-34-22(28-18)29-27-12-15-7-8-19(31-2)20(10-15)33-13-16-5-4-6-17(9-16)23(24,25)26/h4-10,12,14H,3,11,13H2,1-2H3,(H,28,29). The Balaban J connectivity index is 1.63. The van der Waals surface area contributed by atoms with Gasteiger partial charge in [-0.1, -0.05) is 12.1 Å². The van der Waals surface area contributed by atoms with E-state index in [-0.39, 0.29) is 19.0 Å². The fourth-order valence-corrected chi connectivity index (χ4v) is 3.51. The van der Waals surface area contributed by atoms with Gasteiger partial charge >= 0.3 is 12.1 Å². The molecule has 7 nitrogen and oxygen atoms in total. The van der Waals surface area contributed by atoms with Crippen LogP contribution in [-0.2, 0) is 28.7 Å². The molecular formula is C23H22F3N3O4S. The van der Waals surface area contributed by atoms with Crippen LogP contribution in [-0.4, -0.2) is 30.9 Å². The zero-order chi connectivity index (χ0) is 24.6. The van der Waals surface area contributed by atoms with Crippen molar-refractivity contribution in [2.75, 3.05) is 19.1 Å². The first-order chi connectivity index (χ1) is 16.3. The van der Waals surface area contributed by atoms with Gasteiger partial charge in [0.25, 0.3) is 0 Å². The van der Waals surface area contributed by atoms with Crippen molar-refractivity contribution in [3.8, 4) is 11.5 Å². The molecule has 0 aliphatic heterocycles. The third-order valence-electron chi connectivity index (χ3n) is 4.39. The monoisotopic (exact) mass is 493 g/mol. The van der Waals surface area contributed by atoms with Crippen LogP contribution < -0.4 is 14.9 Å². The minimum atomic E-state index is -4.42. The van der Waals surface area contributed by atoms with Gasteiger partial charge in [-0.25, -0.2) is 4.98 Å². The zero-order valence-corrected chi connectivity index (χ0v) is 19.2. The highest BCUT2D eigenvalue weighted by Crippen LogP contribution is 2.31. The second kappa shape index (κ2) is 11.5. The number of hydrazone groups is 1. The molecule has 1 heterocycles. The van der Waals surface area contributed by atoms with Crippen LogP contribution in [0.5, 0.6) is 11.5 Å². The molecule has 0 bridgehead atoms. The number of hydrogen-bond acceptors (Lipinski definition) is 8. The summed E-state index contributed by atoms with van der Waals surface area (Å²) in [7, 11) is 1.47. The van der Waals surface area contributed by atoms with Crippen molar-refractivity contribution in [1.82, 2.24) is 4.98 Å². The molecule has 0 fully saturated rings. The van der Waals surface area contributed by atoms with Crippen LogP contribution >= 0.6 is 11.3 Å². The molecule has 0 aliphatic carbocycles.